The Kier molecular flexibility index (Phi) is 5.78. The Labute approximate surface area is 163 Å². The van der Waals surface area contributed by atoms with Crippen molar-refractivity contribution in [3.8, 4) is 0 Å². The normalized spacial score (nSPS) is 20.0. The number of likely N-dealkylation sites (tertiary alicyclic amines) is 1. The Morgan fingerprint density at radius 2 is 2.04 bits per heavy atom. The lowest BCUT2D eigenvalue weighted by atomic mass is 10.1. The van der Waals surface area contributed by atoms with Crippen LogP contribution in [0.25, 0.3) is 0 Å². The summed E-state index contributed by atoms with van der Waals surface area (Å²) in [6.07, 6.45) is 1.55. The predicted molar refractivity (Wildman–Crippen MR) is 105 cm³/mol. The summed E-state index contributed by atoms with van der Waals surface area (Å²) in [5.74, 6) is 0.352. The zero-order valence-electron chi connectivity index (χ0n) is 16.8. The van der Waals surface area contributed by atoms with Crippen molar-refractivity contribution in [3.63, 3.8) is 0 Å². The molecule has 0 radical (unpaired) electrons. The molecule has 10 nitrogen and oxygen atoms in total. The number of hydrazone groups is 1. The van der Waals surface area contributed by atoms with Crippen molar-refractivity contribution in [1.82, 2.24) is 24.8 Å². The number of carbonyl (C=O) groups excluding carboxylic acids is 2. The maximum atomic E-state index is 12.7. The van der Waals surface area contributed by atoms with E-state index in [1.54, 1.807) is 16.8 Å². The largest absolute Gasteiger partial charge is 0.348 e. The molecule has 152 valence electrons. The zero-order chi connectivity index (χ0) is 20.4. The number of hydrogen-bond acceptors (Lipinski definition) is 7. The second kappa shape index (κ2) is 8.09. The second-order valence-electron chi connectivity index (χ2n) is 7.53. The van der Waals surface area contributed by atoms with Gasteiger partial charge in [0, 0.05) is 65.7 Å². The number of likely N-dealkylation sites (N-methyl/N-ethyl adjacent to an activating group) is 1. The maximum Gasteiger partial charge on any atom is 0.270 e. The number of H-pyrrole nitrogens is 1. The molecule has 10 heteroatoms. The summed E-state index contributed by atoms with van der Waals surface area (Å²) in [6.45, 7) is 1.77. The van der Waals surface area contributed by atoms with Gasteiger partial charge in [0.05, 0.1) is 5.69 Å². The lowest BCUT2D eigenvalue weighted by molar-refractivity contribution is -0.130. The number of nitrogens with one attached hydrogen (secondary N) is 1. The second-order valence-corrected chi connectivity index (χ2v) is 7.53. The van der Waals surface area contributed by atoms with Gasteiger partial charge < -0.3 is 9.80 Å². The number of hydrogen-bond donors (Lipinski definition) is 1. The summed E-state index contributed by atoms with van der Waals surface area (Å²) >= 11 is 0. The Morgan fingerprint density at radius 1 is 1.29 bits per heavy atom. The van der Waals surface area contributed by atoms with Crippen LogP contribution in [0.5, 0.6) is 0 Å². The average molecular weight is 389 g/mol. The van der Waals surface area contributed by atoms with Gasteiger partial charge in [0.1, 0.15) is 5.71 Å². The Balaban J connectivity index is 1.62. The van der Waals surface area contributed by atoms with Crippen molar-refractivity contribution in [2.24, 2.45) is 5.10 Å². The van der Waals surface area contributed by atoms with Crippen molar-refractivity contribution in [1.29, 1.82) is 0 Å². The molecule has 2 aliphatic rings. The van der Waals surface area contributed by atoms with Crippen LogP contribution in [0, 0.1) is 0 Å². The third-order valence-electron chi connectivity index (χ3n) is 5.15. The molecule has 1 fully saturated rings. The van der Waals surface area contributed by atoms with Crippen molar-refractivity contribution in [2.75, 3.05) is 46.2 Å². The van der Waals surface area contributed by atoms with Crippen LogP contribution in [0.1, 0.15) is 25.0 Å². The van der Waals surface area contributed by atoms with Crippen LogP contribution in [0.2, 0.25) is 0 Å². The number of nitrogens with zero attached hydrogens (tertiary/aromatic N) is 6. The lowest BCUT2D eigenvalue weighted by Gasteiger charge is -2.26. The highest BCUT2D eigenvalue weighted by Gasteiger charge is 2.32. The van der Waals surface area contributed by atoms with E-state index in [9.17, 15) is 14.4 Å². The van der Waals surface area contributed by atoms with Gasteiger partial charge in [-0.2, -0.15) is 5.10 Å². The molecule has 3 rings (SSSR count). The van der Waals surface area contributed by atoms with Crippen LogP contribution in [-0.2, 0) is 16.1 Å². The number of anilines is 1. The van der Waals surface area contributed by atoms with Crippen LogP contribution in [0.4, 0.5) is 5.95 Å². The molecule has 2 amide bonds. The van der Waals surface area contributed by atoms with E-state index >= 15 is 0 Å². The highest BCUT2D eigenvalue weighted by Crippen LogP contribution is 2.18. The van der Waals surface area contributed by atoms with Crippen LogP contribution >= 0.6 is 0 Å². The molecule has 0 unspecified atom stereocenters. The van der Waals surface area contributed by atoms with Gasteiger partial charge in [-0.1, -0.05) is 0 Å². The molecule has 0 aromatic carbocycles. The van der Waals surface area contributed by atoms with Crippen LogP contribution in [0.3, 0.4) is 0 Å². The zero-order valence-corrected chi connectivity index (χ0v) is 16.8. The molecule has 0 aliphatic carbocycles. The molecule has 0 spiro atoms. The molecule has 1 saturated heterocycles. The first-order chi connectivity index (χ1) is 13.2. The number of aromatic nitrogens is 2. The molecular weight excluding hydrogens is 362 g/mol. The third-order valence-corrected chi connectivity index (χ3v) is 5.15. The molecule has 0 bridgehead atoms. The summed E-state index contributed by atoms with van der Waals surface area (Å²) in [5.41, 5.74) is 0.952. The van der Waals surface area contributed by atoms with E-state index in [0.29, 0.717) is 49.8 Å². The van der Waals surface area contributed by atoms with Gasteiger partial charge in [-0.25, -0.2) is 9.99 Å². The van der Waals surface area contributed by atoms with E-state index in [0.717, 1.165) is 6.42 Å². The van der Waals surface area contributed by atoms with Crippen molar-refractivity contribution in [2.45, 2.75) is 31.8 Å². The van der Waals surface area contributed by atoms with E-state index in [2.05, 4.69) is 20.0 Å². The van der Waals surface area contributed by atoms with Gasteiger partial charge in [-0.3, -0.25) is 24.3 Å². The maximum absolute atomic E-state index is 12.7. The van der Waals surface area contributed by atoms with E-state index < -0.39 is 0 Å². The number of carbonyl (C=O) groups is 2. The van der Waals surface area contributed by atoms with Crippen molar-refractivity contribution in [3.05, 3.63) is 22.1 Å². The lowest BCUT2D eigenvalue weighted by Crippen LogP contribution is -2.41. The SMILES string of the molecule is CN1N=C(C(=O)N2CC[C@H](N(C)Cc3cc(=O)[nH]c(N(C)C)n3)C2)CCC1=O. The Morgan fingerprint density at radius 3 is 2.71 bits per heavy atom. The van der Waals surface area contributed by atoms with E-state index in [4.69, 9.17) is 0 Å². The molecule has 1 atom stereocenters. The number of amides is 2. The number of rotatable bonds is 5. The standard InChI is InChI=1S/C18H27N7O3/c1-22(2)18-19-12(9-15(26)20-18)10-23(3)13-7-8-25(11-13)17(28)14-5-6-16(27)24(4)21-14/h9,13H,5-8,10-11H2,1-4H3,(H,19,20,26)/t13-/m0/s1. The predicted octanol–water partition coefficient (Wildman–Crippen LogP) is -0.523. The first-order valence-electron chi connectivity index (χ1n) is 9.35. The average Bonchev–Trinajstić information content (AvgIpc) is 3.13. The summed E-state index contributed by atoms with van der Waals surface area (Å²) in [6, 6.07) is 1.68. The van der Waals surface area contributed by atoms with Crippen LogP contribution < -0.4 is 10.5 Å². The minimum atomic E-state index is -0.181. The van der Waals surface area contributed by atoms with Crippen LogP contribution in [0.15, 0.2) is 16.0 Å². The fourth-order valence-electron chi connectivity index (χ4n) is 3.46. The molecule has 0 saturated carbocycles. The Bertz CT molecular complexity index is 848. The highest BCUT2D eigenvalue weighted by molar-refractivity contribution is 6.39. The molecule has 2 aliphatic heterocycles. The Hall–Kier alpha value is -2.75. The van der Waals surface area contributed by atoms with E-state index in [-0.39, 0.29) is 23.4 Å². The molecule has 3 heterocycles. The summed E-state index contributed by atoms with van der Waals surface area (Å²) in [7, 11) is 7.20. The van der Waals surface area contributed by atoms with Gasteiger partial charge >= 0.3 is 0 Å². The fourth-order valence-corrected chi connectivity index (χ4v) is 3.46. The van der Waals surface area contributed by atoms with Crippen LogP contribution in [-0.4, -0.2) is 89.6 Å². The fraction of sp³-hybridized carbons (Fsp3) is 0.611. The summed E-state index contributed by atoms with van der Waals surface area (Å²) in [4.78, 5) is 49.0. The van der Waals surface area contributed by atoms with Gasteiger partial charge in [-0.05, 0) is 13.5 Å². The van der Waals surface area contributed by atoms with Crippen molar-refractivity contribution >= 4 is 23.5 Å². The first kappa shape index (κ1) is 20.0. The third kappa shape index (κ3) is 4.38. The molecule has 1 aromatic heterocycles. The smallest absolute Gasteiger partial charge is 0.270 e. The molecule has 1 N–H and O–H groups in total. The quantitative estimate of drug-likeness (QED) is 0.726. The van der Waals surface area contributed by atoms with E-state index in [1.165, 1.54) is 11.1 Å². The first-order valence-corrected chi connectivity index (χ1v) is 9.35. The van der Waals surface area contributed by atoms with Gasteiger partial charge in [-0.15, -0.1) is 0 Å². The highest BCUT2D eigenvalue weighted by atomic mass is 16.2. The monoisotopic (exact) mass is 389 g/mol. The summed E-state index contributed by atoms with van der Waals surface area (Å²) < 4.78 is 0. The van der Waals surface area contributed by atoms with Crippen molar-refractivity contribution < 1.29 is 9.59 Å². The number of aromatic amines is 1. The minimum Gasteiger partial charge on any atom is -0.348 e. The van der Waals surface area contributed by atoms with Gasteiger partial charge in [0.2, 0.25) is 11.9 Å². The molecular formula is C18H27N7O3. The van der Waals surface area contributed by atoms with E-state index in [1.807, 2.05) is 21.1 Å². The van der Waals surface area contributed by atoms with Gasteiger partial charge in [0.15, 0.2) is 0 Å². The minimum absolute atomic E-state index is 0.0713. The molecule has 28 heavy (non-hydrogen) atoms. The van der Waals surface area contributed by atoms with Gasteiger partial charge in [0.25, 0.3) is 11.5 Å². The molecule has 1 aromatic rings. The topological polar surface area (TPSA) is 105 Å². The summed E-state index contributed by atoms with van der Waals surface area (Å²) in [5, 5.41) is 5.37.